The molecule has 1 N–H and O–H groups in total. The largest absolute Gasteiger partial charge is 0.573 e. The Labute approximate surface area is 269 Å². The van der Waals surface area contributed by atoms with Crippen LogP contribution in [0.4, 0.5) is 18.0 Å². The lowest BCUT2D eigenvalue weighted by atomic mass is 9.96. The highest BCUT2D eigenvalue weighted by Gasteiger charge is 2.31. The van der Waals surface area contributed by atoms with Crippen LogP contribution in [0.25, 0.3) is 22.8 Å². The average Bonchev–Trinajstić information content (AvgIpc) is 3.65. The third kappa shape index (κ3) is 8.11. The topological polar surface area (TPSA) is 86.3 Å². The van der Waals surface area contributed by atoms with Crippen molar-refractivity contribution in [3.8, 4) is 28.5 Å². The summed E-state index contributed by atoms with van der Waals surface area (Å²) in [7, 11) is 0. The van der Waals surface area contributed by atoms with E-state index in [1.54, 1.807) is 0 Å². The molecule has 1 atom stereocenters. The fourth-order valence-electron chi connectivity index (χ4n) is 5.10. The molecule has 5 rings (SSSR count). The Hall–Kier alpha value is -4.71. The van der Waals surface area contributed by atoms with Crippen LogP contribution in [-0.4, -0.2) is 38.3 Å². The average molecular weight is 649 g/mol. The standard InChI is InChI=1S/C34H35F3N6O2S/c1-5-6-26-8-7-22(2)19-30(26)43-24(4)20-46-33(43)40-32(44)38-18-17-23(3)25-9-11-27(12-10-25)31-39-21-42(41-31)28-13-15-29(16-14-28)45-34(35,36)37/h7-16,19-21,23H,5-6,17-18H2,1-4H3,(H,38,44)/b40-33-. The summed E-state index contributed by atoms with van der Waals surface area (Å²) >= 11 is 1.45. The van der Waals surface area contributed by atoms with Crippen LogP contribution in [0.15, 0.2) is 83.4 Å². The van der Waals surface area contributed by atoms with Crippen molar-refractivity contribution >= 4 is 17.4 Å². The lowest BCUT2D eigenvalue weighted by molar-refractivity contribution is -0.274. The number of aromatic nitrogens is 4. The Morgan fingerprint density at radius 1 is 1.07 bits per heavy atom. The maximum Gasteiger partial charge on any atom is 0.573 e. The molecule has 2 heterocycles. The number of aryl methyl sites for hydroxylation is 3. The summed E-state index contributed by atoms with van der Waals surface area (Å²) in [6.45, 7) is 8.82. The molecule has 0 spiro atoms. The number of ether oxygens (including phenoxy) is 1. The number of amides is 2. The molecule has 0 bridgehead atoms. The first-order chi connectivity index (χ1) is 22.0. The number of hydrogen-bond donors (Lipinski definition) is 1. The van der Waals surface area contributed by atoms with Gasteiger partial charge in [0.05, 0.1) is 11.4 Å². The first kappa shape index (κ1) is 32.7. The number of carbonyl (C=O) groups is 1. The number of nitrogens with zero attached hydrogens (tertiary/aromatic N) is 5. The molecule has 8 nitrogen and oxygen atoms in total. The molecule has 0 saturated heterocycles. The Kier molecular flexibility index (Phi) is 10.1. The molecule has 12 heteroatoms. The number of alkyl halides is 3. The fraction of sp³-hybridized carbons (Fsp3) is 0.294. The van der Waals surface area contributed by atoms with Gasteiger partial charge in [-0.1, -0.05) is 56.7 Å². The predicted octanol–water partition coefficient (Wildman–Crippen LogP) is 8.06. The highest BCUT2D eigenvalue weighted by atomic mass is 32.1. The lowest BCUT2D eigenvalue weighted by Crippen LogP contribution is -2.26. The van der Waals surface area contributed by atoms with Crippen molar-refractivity contribution in [1.82, 2.24) is 24.6 Å². The Morgan fingerprint density at radius 2 is 1.80 bits per heavy atom. The third-order valence-corrected chi connectivity index (χ3v) is 8.44. The van der Waals surface area contributed by atoms with Crippen LogP contribution in [0.3, 0.4) is 0 Å². The molecule has 0 saturated carbocycles. The third-order valence-electron chi connectivity index (χ3n) is 7.50. The SMILES string of the molecule is CCCc1ccc(C)cc1-n1c(C)cs/c1=N\C(=O)NCCC(C)c1ccc(-c2ncn(-c3ccc(OC(F)(F)F)cc3)n2)cc1. The molecule has 0 aliphatic heterocycles. The van der Waals surface area contributed by atoms with Gasteiger partial charge in [0.15, 0.2) is 10.6 Å². The molecule has 0 aliphatic rings. The minimum absolute atomic E-state index is 0.176. The molecule has 2 aromatic heterocycles. The van der Waals surface area contributed by atoms with E-state index in [0.717, 1.165) is 47.3 Å². The lowest BCUT2D eigenvalue weighted by Gasteiger charge is -2.13. The molecular weight excluding hydrogens is 613 g/mol. The summed E-state index contributed by atoms with van der Waals surface area (Å²) in [6.07, 6.45) is -0.542. The molecule has 2 amide bonds. The first-order valence-corrected chi connectivity index (χ1v) is 15.9. The minimum atomic E-state index is -4.75. The van der Waals surface area contributed by atoms with Gasteiger partial charge in [0.25, 0.3) is 0 Å². The van der Waals surface area contributed by atoms with E-state index in [1.165, 1.54) is 52.2 Å². The Balaban J connectivity index is 1.18. The molecule has 0 fully saturated rings. The van der Waals surface area contributed by atoms with Crippen LogP contribution in [-0.2, 0) is 6.42 Å². The Bertz CT molecular complexity index is 1860. The van der Waals surface area contributed by atoms with Crippen LogP contribution in [0.2, 0.25) is 0 Å². The minimum Gasteiger partial charge on any atom is -0.406 e. The molecule has 240 valence electrons. The van der Waals surface area contributed by atoms with Gasteiger partial charge in [-0.15, -0.1) is 29.6 Å². The highest BCUT2D eigenvalue weighted by molar-refractivity contribution is 7.07. The summed E-state index contributed by atoms with van der Waals surface area (Å²) in [4.78, 5) is 22.2. The highest BCUT2D eigenvalue weighted by Crippen LogP contribution is 2.25. The molecule has 0 radical (unpaired) electrons. The second kappa shape index (κ2) is 14.2. The number of urea groups is 1. The molecule has 0 aliphatic carbocycles. The summed E-state index contributed by atoms with van der Waals surface area (Å²) in [5.74, 6) is 0.354. The predicted molar refractivity (Wildman–Crippen MR) is 173 cm³/mol. The van der Waals surface area contributed by atoms with Crippen LogP contribution in [0.1, 0.15) is 55.0 Å². The molecule has 1 unspecified atom stereocenters. The second-order valence-corrected chi connectivity index (χ2v) is 11.9. The second-order valence-electron chi connectivity index (χ2n) is 11.1. The number of thiazole rings is 1. The van der Waals surface area contributed by atoms with Crippen molar-refractivity contribution in [2.24, 2.45) is 4.99 Å². The van der Waals surface area contributed by atoms with Gasteiger partial charge in [-0.3, -0.25) is 4.57 Å². The monoisotopic (exact) mass is 648 g/mol. The zero-order valence-corrected chi connectivity index (χ0v) is 26.8. The Morgan fingerprint density at radius 3 is 2.50 bits per heavy atom. The van der Waals surface area contributed by atoms with E-state index in [2.05, 4.69) is 68.7 Å². The van der Waals surface area contributed by atoms with E-state index >= 15 is 0 Å². The van der Waals surface area contributed by atoms with Crippen LogP contribution < -0.4 is 14.9 Å². The molecule has 46 heavy (non-hydrogen) atoms. The zero-order chi connectivity index (χ0) is 32.8. The van der Waals surface area contributed by atoms with E-state index in [1.807, 2.05) is 36.6 Å². The van der Waals surface area contributed by atoms with Crippen LogP contribution >= 0.6 is 11.3 Å². The molecule has 5 aromatic rings. The van der Waals surface area contributed by atoms with Gasteiger partial charge in [0.1, 0.15) is 12.1 Å². The quantitative estimate of drug-likeness (QED) is 0.166. The van der Waals surface area contributed by atoms with E-state index in [9.17, 15) is 18.0 Å². The molecule has 3 aromatic carbocycles. The summed E-state index contributed by atoms with van der Waals surface area (Å²) in [6, 6.07) is 19.3. The van der Waals surface area contributed by atoms with Crippen molar-refractivity contribution < 1.29 is 22.7 Å². The first-order valence-electron chi connectivity index (χ1n) is 15.0. The van der Waals surface area contributed by atoms with Gasteiger partial charge in [-0.05, 0) is 79.6 Å². The van der Waals surface area contributed by atoms with Gasteiger partial charge < -0.3 is 10.1 Å². The normalized spacial score (nSPS) is 12.7. The van der Waals surface area contributed by atoms with Gasteiger partial charge in [0.2, 0.25) is 0 Å². The van der Waals surface area contributed by atoms with E-state index in [-0.39, 0.29) is 17.7 Å². The number of hydrogen-bond acceptors (Lipinski definition) is 5. The fourth-order valence-corrected chi connectivity index (χ4v) is 5.96. The smallest absolute Gasteiger partial charge is 0.406 e. The van der Waals surface area contributed by atoms with Gasteiger partial charge in [0, 0.05) is 23.2 Å². The number of carbonyl (C=O) groups excluding carboxylic acids is 1. The van der Waals surface area contributed by atoms with Gasteiger partial charge >= 0.3 is 12.4 Å². The maximum atomic E-state index is 12.8. The van der Waals surface area contributed by atoms with Crippen LogP contribution in [0.5, 0.6) is 5.75 Å². The number of rotatable bonds is 10. The zero-order valence-electron chi connectivity index (χ0n) is 26.0. The number of nitrogens with one attached hydrogen (secondary N) is 1. The number of benzene rings is 3. The van der Waals surface area contributed by atoms with Crippen molar-refractivity contribution in [2.75, 3.05) is 6.54 Å². The maximum absolute atomic E-state index is 12.8. The number of halogens is 3. The summed E-state index contributed by atoms with van der Waals surface area (Å²) in [5.41, 5.74) is 6.94. The van der Waals surface area contributed by atoms with Gasteiger partial charge in [-0.2, -0.15) is 4.99 Å². The van der Waals surface area contributed by atoms with E-state index in [4.69, 9.17) is 0 Å². The van der Waals surface area contributed by atoms with Crippen molar-refractivity contribution in [2.45, 2.75) is 59.2 Å². The molecular formula is C34H35F3N6O2S. The summed E-state index contributed by atoms with van der Waals surface area (Å²) < 4.78 is 44.8. The van der Waals surface area contributed by atoms with Gasteiger partial charge in [-0.25, -0.2) is 14.5 Å². The van der Waals surface area contributed by atoms with Crippen molar-refractivity contribution in [3.63, 3.8) is 0 Å². The van der Waals surface area contributed by atoms with Crippen LogP contribution in [0, 0.1) is 13.8 Å². The van der Waals surface area contributed by atoms with Crippen molar-refractivity contribution in [1.29, 1.82) is 0 Å². The van der Waals surface area contributed by atoms with E-state index < -0.39 is 6.36 Å². The summed E-state index contributed by atoms with van der Waals surface area (Å²) in [5, 5.41) is 9.42. The van der Waals surface area contributed by atoms with E-state index in [0.29, 0.717) is 22.9 Å². The van der Waals surface area contributed by atoms with Crippen molar-refractivity contribution in [3.05, 3.63) is 106 Å².